The Balaban J connectivity index is 1.81. The molecule has 0 saturated heterocycles. The van der Waals surface area contributed by atoms with Gasteiger partial charge in [0.1, 0.15) is 0 Å². The van der Waals surface area contributed by atoms with Crippen molar-refractivity contribution in [2.45, 2.75) is 6.92 Å². The average molecular weight is 347 g/mol. The molecule has 0 fully saturated rings. The lowest BCUT2D eigenvalue weighted by Gasteiger charge is -2.08. The molecule has 0 saturated carbocycles. The number of aromatic hydroxyl groups is 1. The number of hydrogen-bond acceptors (Lipinski definition) is 5. The molecule has 6 heteroatoms. The van der Waals surface area contributed by atoms with Gasteiger partial charge in [-0.15, -0.1) is 0 Å². The highest BCUT2D eigenvalue weighted by Gasteiger charge is 2.15. The van der Waals surface area contributed by atoms with Gasteiger partial charge in [0.2, 0.25) is 6.79 Å². The summed E-state index contributed by atoms with van der Waals surface area (Å²) in [4.78, 5) is 12.3. The third-order valence-electron chi connectivity index (χ3n) is 3.43. The summed E-state index contributed by atoms with van der Waals surface area (Å²) in [5, 5.41) is 9.99. The molecule has 0 atom stereocenters. The van der Waals surface area contributed by atoms with Gasteiger partial charge in [-0.2, -0.15) is 0 Å². The normalized spacial score (nSPS) is 12.6. The highest BCUT2D eigenvalue weighted by molar-refractivity contribution is 6.32. The molecule has 2 aromatic carbocycles. The molecule has 0 unspecified atom stereocenters. The van der Waals surface area contributed by atoms with Crippen molar-refractivity contribution in [3.63, 3.8) is 0 Å². The molecular weight excluding hydrogens is 332 g/mol. The number of benzene rings is 2. The highest BCUT2D eigenvalue weighted by atomic mass is 35.5. The van der Waals surface area contributed by atoms with E-state index in [9.17, 15) is 9.90 Å². The molecule has 2 aromatic rings. The molecule has 0 radical (unpaired) electrons. The van der Waals surface area contributed by atoms with Crippen molar-refractivity contribution in [3.05, 3.63) is 52.6 Å². The molecule has 5 nitrogen and oxygen atoms in total. The topological polar surface area (TPSA) is 65.0 Å². The molecule has 3 rings (SSSR count). The van der Waals surface area contributed by atoms with Crippen molar-refractivity contribution in [2.24, 2.45) is 0 Å². The fraction of sp³-hybridized carbons (Fsp3) is 0.167. The summed E-state index contributed by atoms with van der Waals surface area (Å²) in [6, 6.07) is 8.20. The van der Waals surface area contributed by atoms with Crippen LogP contribution in [0.1, 0.15) is 22.8 Å². The van der Waals surface area contributed by atoms with E-state index in [1.807, 2.05) is 0 Å². The Hall–Kier alpha value is -2.66. The summed E-state index contributed by atoms with van der Waals surface area (Å²) in [7, 11) is 0. The van der Waals surface area contributed by atoms with Gasteiger partial charge in [0.15, 0.2) is 28.8 Å². The molecule has 0 aromatic heterocycles. The minimum absolute atomic E-state index is 0.113. The quantitative estimate of drug-likeness (QED) is 0.653. The summed E-state index contributed by atoms with van der Waals surface area (Å²) in [5.74, 6) is 1.16. The summed E-state index contributed by atoms with van der Waals surface area (Å²) in [6.45, 7) is 2.36. The largest absolute Gasteiger partial charge is 0.503 e. The van der Waals surface area contributed by atoms with E-state index in [1.165, 1.54) is 6.08 Å². The summed E-state index contributed by atoms with van der Waals surface area (Å²) in [6.07, 6.45) is 3.04. The van der Waals surface area contributed by atoms with Crippen molar-refractivity contribution < 1.29 is 24.1 Å². The number of ketones is 1. The number of carbonyl (C=O) groups excluding carboxylic acids is 1. The minimum Gasteiger partial charge on any atom is -0.503 e. The third kappa shape index (κ3) is 3.31. The van der Waals surface area contributed by atoms with E-state index in [-0.39, 0.29) is 29.1 Å². The number of ether oxygens (including phenoxy) is 3. The molecule has 1 N–H and O–H groups in total. The molecular formula is C18H15ClO5. The first-order chi connectivity index (χ1) is 11.6. The Labute approximate surface area is 144 Å². The predicted molar refractivity (Wildman–Crippen MR) is 90.2 cm³/mol. The molecule has 0 spiro atoms. The summed E-state index contributed by atoms with van der Waals surface area (Å²) in [5.41, 5.74) is 1.14. The standard InChI is InChI=1S/C18H15ClO5/c1-2-22-17-8-11(7-13(19)18(17)21)3-5-14(20)12-4-6-15-16(9-12)24-10-23-15/h3-9,21H,2,10H2,1H3/b5-3+. The Bertz CT molecular complexity index is 813. The fourth-order valence-electron chi connectivity index (χ4n) is 2.27. The second kappa shape index (κ2) is 6.84. The van der Waals surface area contributed by atoms with Crippen molar-refractivity contribution in [3.8, 4) is 23.0 Å². The van der Waals surface area contributed by atoms with Crippen molar-refractivity contribution in [1.29, 1.82) is 0 Å². The Morgan fingerprint density at radius 3 is 2.88 bits per heavy atom. The molecule has 0 amide bonds. The predicted octanol–water partition coefficient (Wildman–Crippen LogP) is 4.07. The van der Waals surface area contributed by atoms with Crippen LogP contribution in [0.4, 0.5) is 0 Å². The van der Waals surface area contributed by atoms with Crippen molar-refractivity contribution in [1.82, 2.24) is 0 Å². The van der Waals surface area contributed by atoms with Crippen LogP contribution in [-0.4, -0.2) is 24.3 Å². The lowest BCUT2D eigenvalue weighted by Crippen LogP contribution is -1.95. The number of allylic oxidation sites excluding steroid dienone is 1. The zero-order valence-corrected chi connectivity index (χ0v) is 13.7. The molecule has 0 bridgehead atoms. The van der Waals surface area contributed by atoms with E-state index < -0.39 is 0 Å². The van der Waals surface area contributed by atoms with Gasteiger partial charge in [0.05, 0.1) is 11.6 Å². The first-order valence-electron chi connectivity index (χ1n) is 7.36. The zero-order valence-electron chi connectivity index (χ0n) is 12.9. The Kier molecular flexibility index (Phi) is 4.62. The number of phenolic OH excluding ortho intramolecular Hbond substituents is 1. The molecule has 1 aliphatic rings. The van der Waals surface area contributed by atoms with Crippen molar-refractivity contribution >= 4 is 23.5 Å². The molecule has 1 heterocycles. The van der Waals surface area contributed by atoms with Crippen LogP contribution in [0.3, 0.4) is 0 Å². The van der Waals surface area contributed by atoms with Crippen LogP contribution in [0, 0.1) is 0 Å². The number of carbonyl (C=O) groups is 1. The molecule has 1 aliphatic heterocycles. The maximum Gasteiger partial charge on any atom is 0.231 e. The van der Waals surface area contributed by atoms with E-state index in [0.29, 0.717) is 29.2 Å². The van der Waals surface area contributed by atoms with E-state index in [0.717, 1.165) is 0 Å². The monoisotopic (exact) mass is 346 g/mol. The SMILES string of the molecule is CCOc1cc(/C=C/C(=O)c2ccc3c(c2)OCO3)cc(Cl)c1O. The van der Waals surface area contributed by atoms with Crippen LogP contribution in [0.15, 0.2) is 36.4 Å². The van der Waals surface area contributed by atoms with Gasteiger partial charge in [-0.1, -0.05) is 17.7 Å². The maximum atomic E-state index is 12.3. The number of fused-ring (bicyclic) bond motifs is 1. The van der Waals surface area contributed by atoms with E-state index in [1.54, 1.807) is 43.3 Å². The Morgan fingerprint density at radius 1 is 1.29 bits per heavy atom. The minimum atomic E-state index is -0.185. The number of rotatable bonds is 5. The smallest absolute Gasteiger partial charge is 0.231 e. The first-order valence-corrected chi connectivity index (χ1v) is 7.73. The number of halogens is 1. The van der Waals surface area contributed by atoms with Gasteiger partial charge in [0.25, 0.3) is 0 Å². The third-order valence-corrected chi connectivity index (χ3v) is 3.72. The Morgan fingerprint density at radius 2 is 2.08 bits per heavy atom. The second-order valence-electron chi connectivity index (χ2n) is 5.05. The van der Waals surface area contributed by atoms with Crippen LogP contribution >= 0.6 is 11.6 Å². The molecule has 0 aliphatic carbocycles. The lowest BCUT2D eigenvalue weighted by molar-refractivity contribution is 0.104. The van der Waals surface area contributed by atoms with Crippen LogP contribution in [-0.2, 0) is 0 Å². The van der Waals surface area contributed by atoms with E-state index >= 15 is 0 Å². The summed E-state index contributed by atoms with van der Waals surface area (Å²) >= 11 is 5.97. The van der Waals surface area contributed by atoms with Crippen LogP contribution in [0.2, 0.25) is 5.02 Å². The zero-order chi connectivity index (χ0) is 17.1. The van der Waals surface area contributed by atoms with Crippen molar-refractivity contribution in [2.75, 3.05) is 13.4 Å². The second-order valence-corrected chi connectivity index (χ2v) is 5.46. The van der Waals surface area contributed by atoms with Gasteiger partial charge >= 0.3 is 0 Å². The average Bonchev–Trinajstić information content (AvgIpc) is 3.04. The lowest BCUT2D eigenvalue weighted by atomic mass is 10.1. The van der Waals surface area contributed by atoms with Gasteiger partial charge < -0.3 is 19.3 Å². The number of phenols is 1. The van der Waals surface area contributed by atoms with Gasteiger partial charge in [0, 0.05) is 5.56 Å². The molecule has 24 heavy (non-hydrogen) atoms. The van der Waals surface area contributed by atoms with Crippen LogP contribution in [0.5, 0.6) is 23.0 Å². The van der Waals surface area contributed by atoms with Crippen LogP contribution < -0.4 is 14.2 Å². The van der Waals surface area contributed by atoms with E-state index in [2.05, 4.69) is 0 Å². The van der Waals surface area contributed by atoms with Crippen LogP contribution in [0.25, 0.3) is 6.08 Å². The highest BCUT2D eigenvalue weighted by Crippen LogP contribution is 2.36. The maximum absolute atomic E-state index is 12.3. The molecule has 124 valence electrons. The summed E-state index contributed by atoms with van der Waals surface area (Å²) < 4.78 is 15.8. The van der Waals surface area contributed by atoms with Gasteiger partial charge in [-0.3, -0.25) is 4.79 Å². The van der Waals surface area contributed by atoms with Gasteiger partial charge in [-0.25, -0.2) is 0 Å². The number of hydrogen-bond donors (Lipinski definition) is 1. The fourth-order valence-corrected chi connectivity index (χ4v) is 2.49. The van der Waals surface area contributed by atoms with E-state index in [4.69, 9.17) is 25.8 Å². The first kappa shape index (κ1) is 16.2. The van der Waals surface area contributed by atoms with Gasteiger partial charge in [-0.05, 0) is 48.9 Å².